The summed E-state index contributed by atoms with van der Waals surface area (Å²) in [7, 11) is -0.463. The monoisotopic (exact) mass is 408 g/mol. The molecule has 3 rings (SSSR count). The molecule has 1 amide bonds. The van der Waals surface area contributed by atoms with E-state index < -0.39 is 16.1 Å². The Hall–Kier alpha value is -2.96. The van der Waals surface area contributed by atoms with Gasteiger partial charge in [-0.2, -0.15) is 4.72 Å². The summed E-state index contributed by atoms with van der Waals surface area (Å²) in [6.45, 7) is 1.90. The Kier molecular flexibility index (Phi) is 6.15. The second-order valence-corrected chi connectivity index (χ2v) is 8.78. The van der Waals surface area contributed by atoms with Crippen molar-refractivity contribution in [3.05, 3.63) is 101 Å². The standard InChI is InChI=1S/C23H24N2O3S/c1-17-13-15-19(16-14-17)29(27,28)24-22(18-9-5-4-6-10-18)20-11-7-8-12-21(20)23(26)25(2)3/h4-16,22,24H,1-3H3/t22-/m0/s1. The molecule has 0 aliphatic heterocycles. The first kappa shape index (κ1) is 20.8. The van der Waals surface area contributed by atoms with Gasteiger partial charge in [0, 0.05) is 19.7 Å². The number of sulfonamides is 1. The molecular formula is C23H24N2O3S. The van der Waals surface area contributed by atoms with Gasteiger partial charge in [0.2, 0.25) is 10.0 Å². The van der Waals surface area contributed by atoms with Crippen LogP contribution in [0.4, 0.5) is 0 Å². The SMILES string of the molecule is Cc1ccc(S(=O)(=O)N[C@@H](c2ccccc2)c2ccccc2C(=O)N(C)C)cc1. The van der Waals surface area contributed by atoms with E-state index in [0.717, 1.165) is 11.1 Å². The average molecular weight is 409 g/mol. The highest BCUT2D eigenvalue weighted by atomic mass is 32.2. The van der Waals surface area contributed by atoms with Crippen LogP contribution in [0.3, 0.4) is 0 Å². The van der Waals surface area contributed by atoms with Crippen molar-refractivity contribution < 1.29 is 13.2 Å². The smallest absolute Gasteiger partial charge is 0.253 e. The van der Waals surface area contributed by atoms with E-state index in [4.69, 9.17) is 0 Å². The van der Waals surface area contributed by atoms with Crippen LogP contribution in [0, 0.1) is 6.92 Å². The van der Waals surface area contributed by atoms with Gasteiger partial charge in [-0.1, -0.05) is 66.2 Å². The fourth-order valence-corrected chi connectivity index (χ4v) is 4.29. The summed E-state index contributed by atoms with van der Waals surface area (Å²) in [5.74, 6) is -0.184. The van der Waals surface area contributed by atoms with Crippen molar-refractivity contribution >= 4 is 15.9 Å². The normalized spacial score (nSPS) is 12.4. The first-order chi connectivity index (χ1) is 13.8. The number of amides is 1. The molecule has 0 bridgehead atoms. The van der Waals surface area contributed by atoms with Gasteiger partial charge >= 0.3 is 0 Å². The Balaban J connectivity index is 2.11. The van der Waals surface area contributed by atoms with E-state index in [9.17, 15) is 13.2 Å². The maximum Gasteiger partial charge on any atom is 0.253 e. The molecule has 29 heavy (non-hydrogen) atoms. The zero-order valence-corrected chi connectivity index (χ0v) is 17.5. The topological polar surface area (TPSA) is 66.5 Å². The lowest BCUT2D eigenvalue weighted by Crippen LogP contribution is -2.32. The second kappa shape index (κ2) is 8.59. The molecule has 0 aromatic heterocycles. The summed E-state index contributed by atoms with van der Waals surface area (Å²) >= 11 is 0. The maximum absolute atomic E-state index is 13.1. The first-order valence-electron chi connectivity index (χ1n) is 9.24. The molecular weight excluding hydrogens is 384 g/mol. The molecule has 0 radical (unpaired) electrons. The van der Waals surface area contributed by atoms with Crippen LogP contribution in [0.15, 0.2) is 83.8 Å². The highest BCUT2D eigenvalue weighted by molar-refractivity contribution is 7.89. The van der Waals surface area contributed by atoms with Crippen molar-refractivity contribution in [3.63, 3.8) is 0 Å². The van der Waals surface area contributed by atoms with Gasteiger partial charge in [0.1, 0.15) is 0 Å². The minimum atomic E-state index is -3.81. The van der Waals surface area contributed by atoms with Crippen molar-refractivity contribution in [3.8, 4) is 0 Å². The minimum absolute atomic E-state index is 0.181. The molecule has 0 spiro atoms. The summed E-state index contributed by atoms with van der Waals surface area (Å²) in [5.41, 5.74) is 2.79. The van der Waals surface area contributed by atoms with Gasteiger partial charge in [0.15, 0.2) is 0 Å². The molecule has 0 aliphatic rings. The van der Waals surface area contributed by atoms with E-state index in [1.54, 1.807) is 62.6 Å². The molecule has 3 aromatic rings. The largest absolute Gasteiger partial charge is 0.345 e. The van der Waals surface area contributed by atoms with E-state index >= 15 is 0 Å². The van der Waals surface area contributed by atoms with Crippen LogP contribution in [0.25, 0.3) is 0 Å². The lowest BCUT2D eigenvalue weighted by atomic mass is 9.94. The summed E-state index contributed by atoms with van der Waals surface area (Å²) in [5, 5.41) is 0. The van der Waals surface area contributed by atoms with E-state index in [1.807, 2.05) is 37.3 Å². The van der Waals surface area contributed by atoms with Gasteiger partial charge < -0.3 is 4.90 Å². The van der Waals surface area contributed by atoms with Crippen LogP contribution in [0.1, 0.15) is 33.1 Å². The maximum atomic E-state index is 13.1. The summed E-state index contributed by atoms with van der Waals surface area (Å²) in [4.78, 5) is 14.4. The number of carbonyl (C=O) groups is 1. The van der Waals surface area contributed by atoms with Crippen molar-refractivity contribution in [2.75, 3.05) is 14.1 Å². The van der Waals surface area contributed by atoms with Crippen LogP contribution in [0.2, 0.25) is 0 Å². The lowest BCUT2D eigenvalue weighted by Gasteiger charge is -2.23. The third-order valence-corrected chi connectivity index (χ3v) is 6.08. The molecule has 0 heterocycles. The number of rotatable bonds is 6. The fourth-order valence-electron chi connectivity index (χ4n) is 3.08. The molecule has 1 atom stereocenters. The quantitative estimate of drug-likeness (QED) is 0.675. The number of hydrogen-bond acceptors (Lipinski definition) is 3. The molecule has 3 aromatic carbocycles. The minimum Gasteiger partial charge on any atom is -0.345 e. The van der Waals surface area contributed by atoms with Crippen LogP contribution in [-0.4, -0.2) is 33.3 Å². The fraction of sp³-hybridized carbons (Fsp3) is 0.174. The summed E-state index contributed by atoms with van der Waals surface area (Å²) < 4.78 is 29.0. The molecule has 5 nitrogen and oxygen atoms in total. The van der Waals surface area contributed by atoms with Crippen molar-refractivity contribution in [1.29, 1.82) is 0 Å². The number of carbonyl (C=O) groups excluding carboxylic acids is 1. The van der Waals surface area contributed by atoms with Crippen molar-refractivity contribution in [1.82, 2.24) is 9.62 Å². The molecule has 150 valence electrons. The first-order valence-corrected chi connectivity index (χ1v) is 10.7. The third-order valence-electron chi connectivity index (χ3n) is 4.65. The van der Waals surface area contributed by atoms with Gasteiger partial charge in [-0.15, -0.1) is 0 Å². The average Bonchev–Trinajstić information content (AvgIpc) is 2.72. The van der Waals surface area contributed by atoms with Gasteiger partial charge in [-0.3, -0.25) is 4.79 Å². The molecule has 0 aliphatic carbocycles. The van der Waals surface area contributed by atoms with E-state index in [0.29, 0.717) is 11.1 Å². The van der Waals surface area contributed by atoms with Crippen LogP contribution in [-0.2, 0) is 10.0 Å². The molecule has 6 heteroatoms. The van der Waals surface area contributed by atoms with E-state index in [2.05, 4.69) is 4.72 Å². The highest BCUT2D eigenvalue weighted by Crippen LogP contribution is 2.28. The third kappa shape index (κ3) is 4.72. The highest BCUT2D eigenvalue weighted by Gasteiger charge is 2.26. The van der Waals surface area contributed by atoms with Crippen molar-refractivity contribution in [2.45, 2.75) is 17.9 Å². The molecule has 0 unspecified atom stereocenters. The predicted octanol–water partition coefficient (Wildman–Crippen LogP) is 3.76. The predicted molar refractivity (Wildman–Crippen MR) is 114 cm³/mol. The zero-order valence-electron chi connectivity index (χ0n) is 16.7. The Morgan fingerprint density at radius 2 is 1.45 bits per heavy atom. The summed E-state index contributed by atoms with van der Waals surface area (Å²) in [6.07, 6.45) is 0. The lowest BCUT2D eigenvalue weighted by molar-refractivity contribution is 0.0826. The Morgan fingerprint density at radius 3 is 2.07 bits per heavy atom. The second-order valence-electron chi connectivity index (χ2n) is 7.06. The van der Waals surface area contributed by atoms with Crippen LogP contribution in [0.5, 0.6) is 0 Å². The molecule has 1 N–H and O–H groups in total. The van der Waals surface area contributed by atoms with E-state index in [-0.39, 0.29) is 10.8 Å². The summed E-state index contributed by atoms with van der Waals surface area (Å²) in [6, 6.07) is 22.3. The van der Waals surface area contributed by atoms with Crippen LogP contribution < -0.4 is 4.72 Å². The Morgan fingerprint density at radius 1 is 0.862 bits per heavy atom. The number of hydrogen-bond donors (Lipinski definition) is 1. The number of benzene rings is 3. The number of nitrogens with zero attached hydrogens (tertiary/aromatic N) is 1. The number of nitrogens with one attached hydrogen (secondary N) is 1. The van der Waals surface area contributed by atoms with Gasteiger partial charge in [-0.25, -0.2) is 8.42 Å². The van der Waals surface area contributed by atoms with Crippen LogP contribution >= 0.6 is 0 Å². The number of aryl methyl sites for hydroxylation is 1. The van der Waals surface area contributed by atoms with Gasteiger partial charge in [0.05, 0.1) is 10.9 Å². The van der Waals surface area contributed by atoms with Gasteiger partial charge in [0.25, 0.3) is 5.91 Å². The van der Waals surface area contributed by atoms with Crippen molar-refractivity contribution in [2.24, 2.45) is 0 Å². The molecule has 0 saturated heterocycles. The zero-order chi connectivity index (χ0) is 21.0. The van der Waals surface area contributed by atoms with E-state index in [1.165, 1.54) is 4.90 Å². The van der Waals surface area contributed by atoms with Gasteiger partial charge in [-0.05, 0) is 36.2 Å². The Labute approximate surface area is 172 Å². The Bertz CT molecular complexity index is 1090. The molecule has 0 fully saturated rings. The molecule has 0 saturated carbocycles.